The summed E-state index contributed by atoms with van der Waals surface area (Å²) in [6, 6.07) is 0. The maximum atomic E-state index is 11.9. The van der Waals surface area contributed by atoms with Crippen LogP contribution < -0.4 is 0 Å². The molecule has 31 heavy (non-hydrogen) atoms. The topological polar surface area (TPSA) is 83.8 Å². The van der Waals surface area contributed by atoms with E-state index in [1.165, 1.54) is 39.0 Å². The molecule has 0 saturated heterocycles. The van der Waals surface area contributed by atoms with Crippen LogP contribution >= 0.6 is 0 Å². The van der Waals surface area contributed by atoms with Gasteiger partial charge in [-0.2, -0.15) is 0 Å². The molecule has 0 spiro atoms. The van der Waals surface area contributed by atoms with Crippen molar-refractivity contribution in [3.05, 3.63) is 0 Å². The Hall–Kier alpha value is -1.10. The van der Waals surface area contributed by atoms with Gasteiger partial charge >= 0.3 is 11.9 Å². The molecule has 0 aromatic rings. The van der Waals surface area contributed by atoms with Crippen LogP contribution in [-0.2, 0) is 14.3 Å². The summed E-state index contributed by atoms with van der Waals surface area (Å²) in [5.74, 6) is 2.48. The van der Waals surface area contributed by atoms with Gasteiger partial charge in [-0.15, -0.1) is 0 Å². The SMILES string of the molecule is CC(=O)O[C@@H]1C[C@@H](O)C[C@@H]2CC[C@H]3[C@@H]4CC[C@H]([C@H](C)CCC(=O)O)[C@@]4(C)CC[C@@H]3[C@]21C. The Balaban J connectivity index is 1.57. The Kier molecular flexibility index (Phi) is 6.22. The number of rotatable bonds is 5. The molecule has 0 amide bonds. The molecule has 0 radical (unpaired) electrons. The molecule has 4 saturated carbocycles. The number of hydrogen-bond acceptors (Lipinski definition) is 4. The van der Waals surface area contributed by atoms with Crippen molar-refractivity contribution in [2.24, 2.45) is 46.3 Å². The molecule has 4 aliphatic carbocycles. The van der Waals surface area contributed by atoms with Crippen LogP contribution in [0.2, 0.25) is 0 Å². The fourth-order valence-corrected chi connectivity index (χ4v) is 9.17. The van der Waals surface area contributed by atoms with Crippen LogP contribution in [0.5, 0.6) is 0 Å². The summed E-state index contributed by atoms with van der Waals surface area (Å²) < 4.78 is 5.88. The molecule has 176 valence electrons. The van der Waals surface area contributed by atoms with Crippen LogP contribution in [0.3, 0.4) is 0 Å². The monoisotopic (exact) mass is 434 g/mol. The van der Waals surface area contributed by atoms with Crippen LogP contribution in [-0.4, -0.2) is 34.4 Å². The smallest absolute Gasteiger partial charge is 0.303 e. The lowest BCUT2D eigenvalue weighted by atomic mass is 9.43. The normalized spacial score (nSPS) is 47.6. The van der Waals surface area contributed by atoms with Gasteiger partial charge in [0.2, 0.25) is 0 Å². The second-order valence-corrected chi connectivity index (χ2v) is 11.9. The Labute approximate surface area is 187 Å². The van der Waals surface area contributed by atoms with Crippen molar-refractivity contribution in [3.63, 3.8) is 0 Å². The van der Waals surface area contributed by atoms with E-state index in [1.807, 2.05) is 0 Å². The second kappa shape index (κ2) is 8.35. The lowest BCUT2D eigenvalue weighted by Gasteiger charge is -2.62. The van der Waals surface area contributed by atoms with Crippen molar-refractivity contribution in [3.8, 4) is 0 Å². The summed E-state index contributed by atoms with van der Waals surface area (Å²) in [7, 11) is 0. The van der Waals surface area contributed by atoms with Gasteiger partial charge in [0.05, 0.1) is 6.10 Å². The van der Waals surface area contributed by atoms with E-state index in [-0.39, 0.29) is 30.0 Å². The maximum Gasteiger partial charge on any atom is 0.303 e. The number of carbonyl (C=O) groups excluding carboxylic acids is 1. The van der Waals surface area contributed by atoms with E-state index in [1.54, 1.807) is 0 Å². The van der Waals surface area contributed by atoms with Gasteiger partial charge in [-0.1, -0.05) is 20.8 Å². The lowest BCUT2D eigenvalue weighted by Crippen LogP contribution is -2.60. The maximum absolute atomic E-state index is 11.9. The van der Waals surface area contributed by atoms with Crippen molar-refractivity contribution in [2.45, 2.75) is 104 Å². The number of fused-ring (bicyclic) bond motifs is 5. The van der Waals surface area contributed by atoms with Crippen LogP contribution in [0.15, 0.2) is 0 Å². The number of aliphatic carboxylic acids is 1. The summed E-state index contributed by atoms with van der Waals surface area (Å²) in [4.78, 5) is 23.0. The molecule has 5 heteroatoms. The molecule has 10 atom stereocenters. The predicted octanol–water partition coefficient (Wildman–Crippen LogP) is 5.05. The van der Waals surface area contributed by atoms with Crippen LogP contribution in [0, 0.1) is 46.3 Å². The predicted molar refractivity (Wildman–Crippen MR) is 118 cm³/mol. The fourth-order valence-electron chi connectivity index (χ4n) is 9.17. The standard InChI is InChI=1S/C26H42O5/c1-15(5-10-24(29)30)20-8-9-21-19-7-6-17-13-18(28)14-23(31-16(2)27)26(17,4)22(19)11-12-25(20,21)3/h15,17-23,28H,5-14H2,1-4H3,(H,29,30)/t15-,17+,18+,19+,20-,21+,22+,23-,25-,26+/m1/s1. The van der Waals surface area contributed by atoms with Gasteiger partial charge in [0.15, 0.2) is 0 Å². The molecule has 0 aromatic heterocycles. The average Bonchev–Trinajstić information content (AvgIpc) is 3.04. The second-order valence-electron chi connectivity index (χ2n) is 11.9. The minimum absolute atomic E-state index is 0.0395. The van der Waals surface area contributed by atoms with E-state index in [9.17, 15) is 14.7 Å². The fraction of sp³-hybridized carbons (Fsp3) is 0.923. The number of aliphatic hydroxyl groups is 1. The highest BCUT2D eigenvalue weighted by atomic mass is 16.5. The molecule has 0 aromatic carbocycles. The van der Waals surface area contributed by atoms with Crippen molar-refractivity contribution in [1.82, 2.24) is 0 Å². The molecule has 4 aliphatic rings. The number of carboxylic acid groups (broad SMARTS) is 1. The number of ether oxygens (including phenoxy) is 1. The van der Waals surface area contributed by atoms with Gasteiger partial charge in [0, 0.05) is 25.2 Å². The van der Waals surface area contributed by atoms with Crippen molar-refractivity contribution in [2.75, 3.05) is 0 Å². The van der Waals surface area contributed by atoms with Crippen molar-refractivity contribution >= 4 is 11.9 Å². The Morgan fingerprint density at radius 2 is 1.81 bits per heavy atom. The molecule has 4 rings (SSSR count). The van der Waals surface area contributed by atoms with Gasteiger partial charge in [-0.3, -0.25) is 9.59 Å². The highest BCUT2D eigenvalue weighted by molar-refractivity contribution is 5.66. The quantitative estimate of drug-likeness (QED) is 0.592. The number of esters is 1. The van der Waals surface area contributed by atoms with Crippen LogP contribution in [0.25, 0.3) is 0 Å². The average molecular weight is 435 g/mol. The summed E-state index contributed by atoms with van der Waals surface area (Å²) >= 11 is 0. The Morgan fingerprint density at radius 1 is 1.06 bits per heavy atom. The molecular formula is C26H42O5. The summed E-state index contributed by atoms with van der Waals surface area (Å²) in [6.45, 7) is 8.62. The van der Waals surface area contributed by atoms with E-state index in [4.69, 9.17) is 9.84 Å². The van der Waals surface area contributed by atoms with Gasteiger partial charge in [-0.25, -0.2) is 0 Å². The minimum atomic E-state index is -0.683. The lowest BCUT2D eigenvalue weighted by molar-refractivity contribution is -0.201. The molecule has 0 aliphatic heterocycles. The first kappa shape index (κ1) is 23.1. The minimum Gasteiger partial charge on any atom is -0.481 e. The number of hydrogen-bond donors (Lipinski definition) is 2. The molecule has 0 heterocycles. The number of carboxylic acids is 1. The number of aliphatic hydroxyl groups excluding tert-OH is 1. The Bertz CT molecular complexity index is 706. The highest BCUT2D eigenvalue weighted by Gasteiger charge is 2.63. The van der Waals surface area contributed by atoms with E-state index in [2.05, 4.69) is 20.8 Å². The third-order valence-electron chi connectivity index (χ3n) is 10.6. The highest BCUT2D eigenvalue weighted by Crippen LogP contribution is 2.68. The van der Waals surface area contributed by atoms with E-state index < -0.39 is 5.97 Å². The first-order chi connectivity index (χ1) is 14.6. The third kappa shape index (κ3) is 3.83. The Morgan fingerprint density at radius 3 is 2.48 bits per heavy atom. The first-order valence-electron chi connectivity index (χ1n) is 12.6. The van der Waals surface area contributed by atoms with Crippen LogP contribution in [0.1, 0.15) is 91.9 Å². The van der Waals surface area contributed by atoms with Gasteiger partial charge in [-0.05, 0) is 92.3 Å². The van der Waals surface area contributed by atoms with E-state index in [0.29, 0.717) is 47.3 Å². The van der Waals surface area contributed by atoms with E-state index >= 15 is 0 Å². The van der Waals surface area contributed by atoms with Crippen molar-refractivity contribution in [1.29, 1.82) is 0 Å². The molecule has 5 nitrogen and oxygen atoms in total. The van der Waals surface area contributed by atoms with Crippen LogP contribution in [0.4, 0.5) is 0 Å². The van der Waals surface area contributed by atoms with Crippen molar-refractivity contribution < 1.29 is 24.5 Å². The summed E-state index contributed by atoms with van der Waals surface area (Å²) in [6.07, 6.45) is 9.11. The first-order valence-corrected chi connectivity index (χ1v) is 12.6. The zero-order valence-electron chi connectivity index (χ0n) is 19.8. The summed E-state index contributed by atoms with van der Waals surface area (Å²) in [5.41, 5.74) is 0.259. The van der Waals surface area contributed by atoms with E-state index in [0.717, 1.165) is 19.3 Å². The molecular weight excluding hydrogens is 392 g/mol. The number of carbonyl (C=O) groups is 2. The molecule has 0 bridgehead atoms. The van der Waals surface area contributed by atoms with Gasteiger partial charge in [0.25, 0.3) is 0 Å². The summed E-state index contributed by atoms with van der Waals surface area (Å²) in [5, 5.41) is 19.6. The van der Waals surface area contributed by atoms with Gasteiger partial charge < -0.3 is 14.9 Å². The molecule has 0 unspecified atom stereocenters. The third-order valence-corrected chi connectivity index (χ3v) is 10.6. The zero-order chi connectivity index (χ0) is 22.6. The largest absolute Gasteiger partial charge is 0.481 e. The zero-order valence-corrected chi connectivity index (χ0v) is 19.8. The van der Waals surface area contributed by atoms with Gasteiger partial charge in [0.1, 0.15) is 6.10 Å². The molecule has 4 fully saturated rings. The molecule has 2 N–H and O–H groups in total.